The van der Waals surface area contributed by atoms with E-state index in [1.165, 1.54) is 0 Å². The molecule has 2 aliphatic rings. The van der Waals surface area contributed by atoms with Crippen LogP contribution in [0.15, 0.2) is 41.2 Å². The van der Waals surface area contributed by atoms with Gasteiger partial charge in [0.15, 0.2) is 0 Å². The summed E-state index contributed by atoms with van der Waals surface area (Å²) in [6.45, 7) is 2.23. The number of benzene rings is 1. The number of carbonyl (C=O) groups excluding carboxylic acids is 2. The van der Waals surface area contributed by atoms with Crippen LogP contribution in [0.3, 0.4) is 0 Å². The van der Waals surface area contributed by atoms with E-state index in [0.717, 1.165) is 21.8 Å². The minimum atomic E-state index is -1.77. The third-order valence-electron chi connectivity index (χ3n) is 6.29. The molecule has 5 rings (SSSR count). The molecule has 2 aromatic heterocycles. The van der Waals surface area contributed by atoms with Crippen molar-refractivity contribution in [2.24, 2.45) is 0 Å². The van der Waals surface area contributed by atoms with Gasteiger partial charge in [0.25, 0.3) is 0 Å². The SMILES string of the molecule is CC[C@@]1(OC(=O)OCC[Se][Se]CCO)C(=O)OCc2c1cc1n(c2=O)Cc2cc3ccccc3nc2-1. The number of carbonyl (C=O) groups is 2. The predicted octanol–water partition coefficient (Wildman–Crippen LogP) is 2.39. The molecule has 0 saturated carbocycles. The van der Waals surface area contributed by atoms with Crippen LogP contribution in [0.2, 0.25) is 10.6 Å². The number of pyridine rings is 2. The molecule has 36 heavy (non-hydrogen) atoms. The number of nitrogens with zero attached hydrogens (tertiary/aromatic N) is 2. The first-order chi connectivity index (χ1) is 17.5. The van der Waals surface area contributed by atoms with Crippen LogP contribution in [-0.4, -0.2) is 66.3 Å². The summed E-state index contributed by atoms with van der Waals surface area (Å²) in [5, 5.41) is 11.3. The summed E-state index contributed by atoms with van der Waals surface area (Å²) in [4.78, 5) is 43.9. The monoisotopic (exact) mass is 624 g/mol. The second kappa shape index (κ2) is 10.4. The average Bonchev–Trinajstić information content (AvgIpc) is 3.24. The summed E-state index contributed by atoms with van der Waals surface area (Å²) in [5.74, 6) is -0.723. The number of para-hydroxylation sites is 1. The van der Waals surface area contributed by atoms with Crippen LogP contribution in [0, 0.1) is 0 Å². The Morgan fingerprint density at radius 1 is 1.22 bits per heavy atom. The Balaban J connectivity index is 1.49. The van der Waals surface area contributed by atoms with Gasteiger partial charge in [0.1, 0.15) is 0 Å². The van der Waals surface area contributed by atoms with Gasteiger partial charge < -0.3 is 0 Å². The van der Waals surface area contributed by atoms with Crippen molar-refractivity contribution in [3.8, 4) is 11.4 Å². The van der Waals surface area contributed by atoms with Crippen LogP contribution in [0.5, 0.6) is 0 Å². The van der Waals surface area contributed by atoms with Crippen LogP contribution >= 0.6 is 0 Å². The van der Waals surface area contributed by atoms with Crippen molar-refractivity contribution < 1.29 is 28.9 Å². The maximum atomic E-state index is 13.5. The van der Waals surface area contributed by atoms with Gasteiger partial charge in [0.2, 0.25) is 0 Å². The predicted molar refractivity (Wildman–Crippen MR) is 133 cm³/mol. The number of cyclic esters (lactones) is 1. The van der Waals surface area contributed by atoms with Gasteiger partial charge in [-0.25, -0.2) is 0 Å². The molecule has 9 nitrogen and oxygen atoms in total. The van der Waals surface area contributed by atoms with E-state index < -0.39 is 17.7 Å². The molecule has 3 aromatic rings. The first-order valence-electron chi connectivity index (χ1n) is 11.5. The van der Waals surface area contributed by atoms with Gasteiger partial charge in [0, 0.05) is 5.39 Å². The Morgan fingerprint density at radius 3 is 2.83 bits per heavy atom. The van der Waals surface area contributed by atoms with Gasteiger partial charge in [0.05, 0.1) is 0 Å². The van der Waals surface area contributed by atoms with Crippen LogP contribution in [0.1, 0.15) is 30.0 Å². The number of aliphatic hydroxyl groups excluding tert-OH is 1. The normalized spacial score (nSPS) is 17.8. The summed E-state index contributed by atoms with van der Waals surface area (Å²) in [6, 6.07) is 11.5. The van der Waals surface area contributed by atoms with Crippen LogP contribution < -0.4 is 5.56 Å². The van der Waals surface area contributed by atoms with E-state index in [2.05, 4.69) is 0 Å². The molecule has 0 saturated heterocycles. The van der Waals surface area contributed by atoms with Crippen LogP contribution in [0.25, 0.3) is 22.3 Å². The van der Waals surface area contributed by atoms with Crippen molar-refractivity contribution in [3.63, 3.8) is 0 Å². The van der Waals surface area contributed by atoms with E-state index in [1.807, 2.05) is 30.3 Å². The van der Waals surface area contributed by atoms with Crippen molar-refractivity contribution in [2.75, 3.05) is 13.2 Å². The van der Waals surface area contributed by atoms with Crippen molar-refractivity contribution in [1.82, 2.24) is 9.55 Å². The third-order valence-corrected chi connectivity index (χ3v) is 13.5. The molecule has 0 spiro atoms. The summed E-state index contributed by atoms with van der Waals surface area (Å²) in [6.07, 6.45) is -0.893. The second-order valence-corrected chi connectivity index (χ2v) is 16.2. The van der Waals surface area contributed by atoms with Crippen molar-refractivity contribution in [2.45, 2.75) is 42.7 Å². The second-order valence-electron chi connectivity index (χ2n) is 8.33. The van der Waals surface area contributed by atoms with Crippen molar-refractivity contribution >= 4 is 49.3 Å². The van der Waals surface area contributed by atoms with Gasteiger partial charge >= 0.3 is 189 Å². The van der Waals surface area contributed by atoms with E-state index in [-0.39, 0.29) is 31.8 Å². The number of rotatable bonds is 8. The Kier molecular flexibility index (Phi) is 7.19. The van der Waals surface area contributed by atoms with E-state index in [4.69, 9.17) is 24.3 Å². The van der Waals surface area contributed by atoms with Crippen LogP contribution in [0.4, 0.5) is 4.79 Å². The van der Waals surface area contributed by atoms with E-state index in [1.54, 1.807) is 17.6 Å². The number of ether oxygens (including phenoxy) is 3. The number of aromatic nitrogens is 2. The Labute approximate surface area is 218 Å². The molecule has 1 N–H and O–H groups in total. The van der Waals surface area contributed by atoms with E-state index in [0.29, 0.717) is 60.6 Å². The molecule has 0 unspecified atom stereocenters. The summed E-state index contributed by atoms with van der Waals surface area (Å²) in [7, 11) is 0. The topological polar surface area (TPSA) is 117 Å². The molecular weight excluding hydrogens is 598 g/mol. The fourth-order valence-electron chi connectivity index (χ4n) is 4.57. The molecule has 0 aliphatic carbocycles. The van der Waals surface area contributed by atoms with Crippen molar-refractivity contribution in [3.05, 3.63) is 63.4 Å². The number of fused-ring (bicyclic) bond motifs is 5. The first kappa shape index (κ1) is 25.0. The van der Waals surface area contributed by atoms with E-state index >= 15 is 0 Å². The fraction of sp³-hybridized carbons (Fsp3) is 0.360. The average molecular weight is 622 g/mol. The fourth-order valence-corrected chi connectivity index (χ4v) is 9.66. The molecule has 0 fully saturated rings. The van der Waals surface area contributed by atoms with Gasteiger partial charge in [-0.3, -0.25) is 0 Å². The Morgan fingerprint density at radius 2 is 2.03 bits per heavy atom. The molecule has 4 heterocycles. The molecule has 0 amide bonds. The molecule has 0 radical (unpaired) electrons. The molecule has 1 aromatic carbocycles. The quantitative estimate of drug-likeness (QED) is 0.181. The number of hydrogen-bond donors (Lipinski definition) is 1. The zero-order valence-corrected chi connectivity index (χ0v) is 22.9. The zero-order valence-electron chi connectivity index (χ0n) is 19.5. The standard InChI is InChI=1S/C25H24N2O7Se2/c1-2-25(34-24(31)32-8-10-36-35-9-7-28)18-12-20-21-16(11-15-5-3-4-6-19(15)26-21)13-27(20)22(29)17(18)14-33-23(25)30/h3-6,11-12,28H,2,7-10,13-14H2,1H3/t25-/m0/s1. The van der Waals surface area contributed by atoms with Gasteiger partial charge in [-0.2, -0.15) is 0 Å². The maximum absolute atomic E-state index is 13.5. The van der Waals surface area contributed by atoms with Gasteiger partial charge in [-0.05, 0) is 6.07 Å². The molecule has 1 atom stereocenters. The Hall–Kier alpha value is -2.68. The number of esters is 1. The molecular formula is C25H24N2O7Se2. The Bertz CT molecular complexity index is 1410. The molecule has 188 valence electrons. The number of hydrogen-bond acceptors (Lipinski definition) is 8. The van der Waals surface area contributed by atoms with Crippen LogP contribution in [-0.2, 0) is 37.8 Å². The van der Waals surface area contributed by atoms with E-state index in [9.17, 15) is 14.4 Å². The summed E-state index contributed by atoms with van der Waals surface area (Å²) >= 11 is 0.651. The molecule has 2 aliphatic heterocycles. The minimum absolute atomic E-state index is 0.0817. The van der Waals surface area contributed by atoms with Gasteiger partial charge in [-0.1, -0.05) is 18.2 Å². The molecule has 0 bridgehead atoms. The summed E-state index contributed by atoms with van der Waals surface area (Å²) < 4.78 is 17.8. The number of aliphatic hydroxyl groups is 1. The van der Waals surface area contributed by atoms with Gasteiger partial charge in [-0.15, -0.1) is 0 Å². The zero-order chi connectivity index (χ0) is 25.3. The van der Waals surface area contributed by atoms with Crippen molar-refractivity contribution in [1.29, 1.82) is 0 Å². The summed E-state index contributed by atoms with van der Waals surface area (Å²) in [5.41, 5.74) is 1.52. The molecule has 11 heteroatoms. The first-order valence-corrected chi connectivity index (χ1v) is 18.3. The third kappa shape index (κ3) is 4.35.